The van der Waals surface area contributed by atoms with Gasteiger partial charge in [0.05, 0.1) is 6.07 Å². The second kappa shape index (κ2) is 6.76. The van der Waals surface area contributed by atoms with E-state index < -0.39 is 11.6 Å². The average molecular weight is 338 g/mol. The number of halogens is 1. The summed E-state index contributed by atoms with van der Waals surface area (Å²) in [5.74, 6) is -0.151. The molecule has 2 atom stereocenters. The van der Waals surface area contributed by atoms with Crippen molar-refractivity contribution in [1.82, 2.24) is 5.32 Å². The van der Waals surface area contributed by atoms with Crippen molar-refractivity contribution >= 4 is 27.5 Å². The summed E-state index contributed by atoms with van der Waals surface area (Å²) in [6, 6.07) is 9.34. The fourth-order valence-corrected chi connectivity index (χ4v) is 1.79. The summed E-state index contributed by atoms with van der Waals surface area (Å²) in [5, 5.41) is 15.1. The SMILES string of the molecule is CC(C)[C@](C)(C#N)NC(=O)[C@H](C)Nc1ccc(Br)cc1. The zero-order valence-corrected chi connectivity index (χ0v) is 13.8. The van der Waals surface area contributed by atoms with Gasteiger partial charge in [0.1, 0.15) is 11.6 Å². The molecule has 0 spiro atoms. The Morgan fingerprint density at radius 3 is 2.30 bits per heavy atom. The van der Waals surface area contributed by atoms with E-state index >= 15 is 0 Å². The minimum atomic E-state index is -0.854. The van der Waals surface area contributed by atoms with Gasteiger partial charge in [-0.3, -0.25) is 4.79 Å². The van der Waals surface area contributed by atoms with E-state index in [1.54, 1.807) is 13.8 Å². The Kier molecular flexibility index (Phi) is 5.58. The van der Waals surface area contributed by atoms with Gasteiger partial charge in [0.2, 0.25) is 5.91 Å². The zero-order valence-electron chi connectivity index (χ0n) is 12.2. The number of carbonyl (C=O) groups excluding carboxylic acids is 1. The molecule has 0 bridgehead atoms. The molecular formula is C15H20BrN3O. The third-order valence-corrected chi connectivity index (χ3v) is 3.92. The summed E-state index contributed by atoms with van der Waals surface area (Å²) < 4.78 is 0.983. The van der Waals surface area contributed by atoms with Gasteiger partial charge in [0.15, 0.2) is 0 Å². The van der Waals surface area contributed by atoms with Crippen molar-refractivity contribution < 1.29 is 4.79 Å². The zero-order chi connectivity index (χ0) is 15.3. The lowest BCUT2D eigenvalue weighted by atomic mass is 9.90. The van der Waals surface area contributed by atoms with Gasteiger partial charge in [0, 0.05) is 10.2 Å². The largest absolute Gasteiger partial charge is 0.374 e. The molecule has 5 heteroatoms. The highest BCUT2D eigenvalue weighted by molar-refractivity contribution is 9.10. The van der Waals surface area contributed by atoms with Crippen LogP contribution < -0.4 is 10.6 Å². The van der Waals surface area contributed by atoms with Crippen LogP contribution in [0.15, 0.2) is 28.7 Å². The highest BCUT2D eigenvalue weighted by Gasteiger charge is 2.31. The van der Waals surface area contributed by atoms with Crippen LogP contribution in [-0.2, 0) is 4.79 Å². The van der Waals surface area contributed by atoms with Crippen molar-refractivity contribution in [2.45, 2.75) is 39.3 Å². The van der Waals surface area contributed by atoms with Crippen LogP contribution in [0.25, 0.3) is 0 Å². The third-order valence-electron chi connectivity index (χ3n) is 3.39. The van der Waals surface area contributed by atoms with Crippen LogP contribution in [0.5, 0.6) is 0 Å². The molecule has 0 saturated heterocycles. The lowest BCUT2D eigenvalue weighted by molar-refractivity contribution is -0.123. The number of carbonyl (C=O) groups is 1. The van der Waals surface area contributed by atoms with Crippen molar-refractivity contribution in [1.29, 1.82) is 5.26 Å². The molecule has 108 valence electrons. The quantitative estimate of drug-likeness (QED) is 0.866. The van der Waals surface area contributed by atoms with E-state index in [0.717, 1.165) is 10.2 Å². The Morgan fingerprint density at radius 1 is 1.30 bits per heavy atom. The van der Waals surface area contributed by atoms with Gasteiger partial charge in [-0.25, -0.2) is 0 Å². The molecule has 0 aliphatic heterocycles. The van der Waals surface area contributed by atoms with Gasteiger partial charge in [-0.2, -0.15) is 5.26 Å². The number of nitrogens with one attached hydrogen (secondary N) is 2. The van der Waals surface area contributed by atoms with Gasteiger partial charge >= 0.3 is 0 Å². The number of anilines is 1. The van der Waals surface area contributed by atoms with Gasteiger partial charge in [-0.05, 0) is 44.0 Å². The van der Waals surface area contributed by atoms with Crippen LogP contribution in [0.4, 0.5) is 5.69 Å². The molecule has 0 radical (unpaired) electrons. The molecule has 1 aromatic rings. The predicted octanol–water partition coefficient (Wildman–Crippen LogP) is 3.30. The highest BCUT2D eigenvalue weighted by atomic mass is 79.9. The number of rotatable bonds is 5. The topological polar surface area (TPSA) is 64.9 Å². The first kappa shape index (κ1) is 16.5. The van der Waals surface area contributed by atoms with E-state index in [4.69, 9.17) is 0 Å². The number of hydrogen-bond donors (Lipinski definition) is 2. The van der Waals surface area contributed by atoms with E-state index in [1.165, 1.54) is 0 Å². The Balaban J connectivity index is 2.68. The summed E-state index contributed by atoms with van der Waals surface area (Å²) in [6.07, 6.45) is 0. The summed E-state index contributed by atoms with van der Waals surface area (Å²) in [4.78, 5) is 12.2. The van der Waals surface area contributed by atoms with Crippen molar-refractivity contribution in [2.24, 2.45) is 5.92 Å². The monoisotopic (exact) mass is 337 g/mol. The minimum absolute atomic E-state index is 0.0383. The van der Waals surface area contributed by atoms with E-state index in [-0.39, 0.29) is 11.8 Å². The highest BCUT2D eigenvalue weighted by Crippen LogP contribution is 2.17. The molecule has 0 aliphatic rings. The van der Waals surface area contributed by atoms with Crippen molar-refractivity contribution in [3.05, 3.63) is 28.7 Å². The van der Waals surface area contributed by atoms with E-state index in [1.807, 2.05) is 38.1 Å². The molecular weight excluding hydrogens is 318 g/mol. The second-order valence-corrected chi connectivity index (χ2v) is 6.25. The molecule has 0 fully saturated rings. The number of nitrogens with zero attached hydrogens (tertiary/aromatic N) is 1. The molecule has 2 N–H and O–H groups in total. The maximum absolute atomic E-state index is 12.2. The van der Waals surface area contributed by atoms with E-state index in [9.17, 15) is 10.1 Å². The first-order chi connectivity index (χ1) is 9.28. The first-order valence-corrected chi connectivity index (χ1v) is 7.33. The summed E-state index contributed by atoms with van der Waals surface area (Å²) in [5.41, 5.74) is 0.00581. The molecule has 1 aromatic carbocycles. The first-order valence-electron chi connectivity index (χ1n) is 6.54. The number of benzene rings is 1. The van der Waals surface area contributed by atoms with Gasteiger partial charge in [-0.15, -0.1) is 0 Å². The predicted molar refractivity (Wildman–Crippen MR) is 84.2 cm³/mol. The van der Waals surface area contributed by atoms with Crippen LogP contribution in [-0.4, -0.2) is 17.5 Å². The fraction of sp³-hybridized carbons (Fsp3) is 0.467. The van der Waals surface area contributed by atoms with Crippen molar-refractivity contribution in [3.8, 4) is 6.07 Å². The number of nitriles is 1. The van der Waals surface area contributed by atoms with E-state index in [0.29, 0.717) is 0 Å². The molecule has 0 saturated carbocycles. The lowest BCUT2D eigenvalue weighted by Gasteiger charge is -2.29. The van der Waals surface area contributed by atoms with Crippen LogP contribution in [0.2, 0.25) is 0 Å². The average Bonchev–Trinajstić information content (AvgIpc) is 2.40. The Morgan fingerprint density at radius 2 is 1.85 bits per heavy atom. The lowest BCUT2D eigenvalue weighted by Crippen LogP contribution is -2.52. The summed E-state index contributed by atoms with van der Waals surface area (Å²) in [7, 11) is 0. The summed E-state index contributed by atoms with van der Waals surface area (Å²) in [6.45, 7) is 7.34. The molecule has 0 heterocycles. The molecule has 4 nitrogen and oxygen atoms in total. The van der Waals surface area contributed by atoms with Gasteiger partial charge in [-0.1, -0.05) is 29.8 Å². The molecule has 1 rings (SSSR count). The fourth-order valence-electron chi connectivity index (χ4n) is 1.53. The second-order valence-electron chi connectivity index (χ2n) is 5.33. The molecule has 0 unspecified atom stereocenters. The van der Waals surface area contributed by atoms with Gasteiger partial charge < -0.3 is 10.6 Å². The maximum atomic E-state index is 12.2. The molecule has 0 aromatic heterocycles. The number of hydrogen-bond acceptors (Lipinski definition) is 3. The Labute approximate surface area is 128 Å². The van der Waals surface area contributed by atoms with Crippen molar-refractivity contribution in [3.63, 3.8) is 0 Å². The molecule has 1 amide bonds. The smallest absolute Gasteiger partial charge is 0.243 e. The van der Waals surface area contributed by atoms with Crippen LogP contribution in [0.1, 0.15) is 27.7 Å². The Hall–Kier alpha value is -1.54. The maximum Gasteiger partial charge on any atom is 0.243 e. The number of amides is 1. The van der Waals surface area contributed by atoms with Crippen LogP contribution >= 0.6 is 15.9 Å². The van der Waals surface area contributed by atoms with Crippen molar-refractivity contribution in [2.75, 3.05) is 5.32 Å². The van der Waals surface area contributed by atoms with Gasteiger partial charge in [0.25, 0.3) is 0 Å². The molecule has 20 heavy (non-hydrogen) atoms. The minimum Gasteiger partial charge on any atom is -0.374 e. The normalized spacial score (nSPS) is 15.1. The summed E-state index contributed by atoms with van der Waals surface area (Å²) >= 11 is 3.36. The third kappa shape index (κ3) is 4.24. The van der Waals surface area contributed by atoms with E-state index in [2.05, 4.69) is 32.6 Å². The van der Waals surface area contributed by atoms with Crippen LogP contribution in [0, 0.1) is 17.2 Å². The Bertz CT molecular complexity index is 507. The standard InChI is InChI=1S/C15H20BrN3O/c1-10(2)15(4,9-17)19-14(20)11(3)18-13-7-5-12(16)6-8-13/h5-8,10-11,18H,1-4H3,(H,19,20)/t11-,15-/m0/s1. The molecule has 0 aliphatic carbocycles. The van der Waals surface area contributed by atoms with Crippen LogP contribution in [0.3, 0.4) is 0 Å².